The van der Waals surface area contributed by atoms with E-state index in [1.807, 2.05) is 42.3 Å². The van der Waals surface area contributed by atoms with E-state index in [4.69, 9.17) is 4.74 Å². The minimum absolute atomic E-state index is 0.358. The number of nitrogens with zero attached hydrogens (tertiary/aromatic N) is 1. The van der Waals surface area contributed by atoms with Crippen LogP contribution in [0.15, 0.2) is 30.3 Å². The molecule has 0 aliphatic carbocycles. The SMILES string of the molecule is COCC(O)CN(C)CC#Cc1ccccc1. The predicted octanol–water partition coefficient (Wildman–Crippen LogP) is 0.977. The van der Waals surface area contributed by atoms with Crippen molar-refractivity contribution in [1.82, 2.24) is 4.90 Å². The Labute approximate surface area is 103 Å². The van der Waals surface area contributed by atoms with Gasteiger partial charge in [-0.1, -0.05) is 30.0 Å². The molecule has 0 spiro atoms. The van der Waals surface area contributed by atoms with Crippen molar-refractivity contribution < 1.29 is 9.84 Å². The van der Waals surface area contributed by atoms with Crippen LogP contribution >= 0.6 is 0 Å². The zero-order valence-electron chi connectivity index (χ0n) is 10.4. The van der Waals surface area contributed by atoms with Crippen molar-refractivity contribution in [2.24, 2.45) is 0 Å². The van der Waals surface area contributed by atoms with Gasteiger partial charge in [-0.15, -0.1) is 0 Å². The van der Waals surface area contributed by atoms with Crippen molar-refractivity contribution >= 4 is 0 Å². The number of hydrogen-bond acceptors (Lipinski definition) is 3. The summed E-state index contributed by atoms with van der Waals surface area (Å²) in [5, 5.41) is 9.52. The summed E-state index contributed by atoms with van der Waals surface area (Å²) in [6, 6.07) is 9.87. The number of aliphatic hydroxyl groups excluding tert-OH is 1. The molecule has 0 fully saturated rings. The molecule has 0 aromatic heterocycles. The molecule has 0 saturated heterocycles. The first-order valence-electron chi connectivity index (χ1n) is 5.62. The lowest BCUT2D eigenvalue weighted by atomic mass is 10.2. The normalized spacial score (nSPS) is 12.0. The van der Waals surface area contributed by atoms with Crippen LogP contribution in [0, 0.1) is 11.8 Å². The van der Waals surface area contributed by atoms with Crippen LogP contribution in [0.5, 0.6) is 0 Å². The number of methoxy groups -OCH3 is 1. The summed E-state index contributed by atoms with van der Waals surface area (Å²) in [5.74, 6) is 6.15. The van der Waals surface area contributed by atoms with E-state index in [0.29, 0.717) is 19.7 Å². The second-order valence-electron chi connectivity index (χ2n) is 3.97. The monoisotopic (exact) mass is 233 g/mol. The molecule has 0 bridgehead atoms. The molecule has 0 saturated carbocycles. The Morgan fingerprint density at radius 2 is 2.06 bits per heavy atom. The molecule has 17 heavy (non-hydrogen) atoms. The molecule has 1 aromatic rings. The molecule has 3 heteroatoms. The average Bonchev–Trinajstić information content (AvgIpc) is 2.30. The van der Waals surface area contributed by atoms with Gasteiger partial charge < -0.3 is 9.84 Å². The van der Waals surface area contributed by atoms with Crippen molar-refractivity contribution in [3.05, 3.63) is 35.9 Å². The van der Waals surface area contributed by atoms with E-state index in [-0.39, 0.29) is 0 Å². The first-order chi connectivity index (χ1) is 8.22. The Bertz CT molecular complexity index is 367. The molecule has 1 unspecified atom stereocenters. The highest BCUT2D eigenvalue weighted by Gasteiger charge is 2.05. The maximum atomic E-state index is 9.52. The zero-order valence-corrected chi connectivity index (χ0v) is 10.4. The Balaban J connectivity index is 2.33. The Kier molecular flexibility index (Phi) is 6.34. The molecule has 92 valence electrons. The highest BCUT2D eigenvalue weighted by atomic mass is 16.5. The third kappa shape index (κ3) is 6.08. The number of likely N-dealkylation sites (N-methyl/N-ethyl adjacent to an activating group) is 1. The van der Waals surface area contributed by atoms with E-state index in [1.54, 1.807) is 7.11 Å². The van der Waals surface area contributed by atoms with Gasteiger partial charge in [-0.3, -0.25) is 4.90 Å². The Morgan fingerprint density at radius 1 is 1.35 bits per heavy atom. The average molecular weight is 233 g/mol. The van der Waals surface area contributed by atoms with E-state index in [9.17, 15) is 5.11 Å². The fourth-order valence-electron chi connectivity index (χ4n) is 1.47. The Morgan fingerprint density at radius 3 is 2.71 bits per heavy atom. The number of benzene rings is 1. The minimum Gasteiger partial charge on any atom is -0.389 e. The van der Waals surface area contributed by atoms with Gasteiger partial charge in [-0.2, -0.15) is 0 Å². The summed E-state index contributed by atoms with van der Waals surface area (Å²) >= 11 is 0. The third-order valence-electron chi connectivity index (χ3n) is 2.24. The second-order valence-corrected chi connectivity index (χ2v) is 3.97. The molecule has 0 aliphatic rings. The molecule has 0 radical (unpaired) electrons. The van der Waals surface area contributed by atoms with Gasteiger partial charge in [0.2, 0.25) is 0 Å². The molecule has 1 rings (SSSR count). The summed E-state index contributed by atoms with van der Waals surface area (Å²) in [6.07, 6.45) is -0.455. The number of ether oxygens (including phenoxy) is 1. The fraction of sp³-hybridized carbons (Fsp3) is 0.429. The van der Waals surface area contributed by atoms with Crippen LogP contribution in [-0.2, 0) is 4.74 Å². The summed E-state index contributed by atoms with van der Waals surface area (Å²) < 4.78 is 4.87. The van der Waals surface area contributed by atoms with Gasteiger partial charge in [-0.25, -0.2) is 0 Å². The summed E-state index contributed by atoms with van der Waals surface area (Å²) in [7, 11) is 3.51. The van der Waals surface area contributed by atoms with Gasteiger partial charge in [0.15, 0.2) is 0 Å². The van der Waals surface area contributed by atoms with Crippen LogP contribution in [0.4, 0.5) is 0 Å². The van der Waals surface area contributed by atoms with Crippen molar-refractivity contribution in [2.75, 3.05) is 33.9 Å². The molecule has 1 atom stereocenters. The van der Waals surface area contributed by atoms with Crippen LogP contribution in [0.3, 0.4) is 0 Å². The number of rotatable bonds is 5. The van der Waals surface area contributed by atoms with Crippen molar-refractivity contribution in [3.63, 3.8) is 0 Å². The van der Waals surface area contributed by atoms with Gasteiger partial charge in [0, 0.05) is 19.2 Å². The largest absolute Gasteiger partial charge is 0.389 e. The van der Waals surface area contributed by atoms with Crippen molar-refractivity contribution in [1.29, 1.82) is 0 Å². The van der Waals surface area contributed by atoms with E-state index < -0.39 is 6.10 Å². The molecular weight excluding hydrogens is 214 g/mol. The molecule has 0 heterocycles. The molecule has 0 amide bonds. The highest BCUT2D eigenvalue weighted by molar-refractivity contribution is 5.33. The summed E-state index contributed by atoms with van der Waals surface area (Å²) in [4.78, 5) is 1.97. The number of aliphatic hydroxyl groups is 1. The molecule has 0 aliphatic heterocycles. The minimum atomic E-state index is -0.455. The summed E-state index contributed by atoms with van der Waals surface area (Å²) in [6.45, 7) is 1.56. The van der Waals surface area contributed by atoms with Gasteiger partial charge in [0.05, 0.1) is 19.3 Å². The third-order valence-corrected chi connectivity index (χ3v) is 2.24. The quantitative estimate of drug-likeness (QED) is 0.769. The van der Waals surface area contributed by atoms with Gasteiger partial charge in [0.1, 0.15) is 0 Å². The Hall–Kier alpha value is -1.34. The lowest BCUT2D eigenvalue weighted by Gasteiger charge is -2.17. The van der Waals surface area contributed by atoms with Crippen LogP contribution in [0.2, 0.25) is 0 Å². The maximum Gasteiger partial charge on any atom is 0.0900 e. The number of hydrogen-bond donors (Lipinski definition) is 1. The van der Waals surface area contributed by atoms with E-state index >= 15 is 0 Å². The molecule has 1 N–H and O–H groups in total. The lowest BCUT2D eigenvalue weighted by molar-refractivity contribution is 0.0457. The first-order valence-corrected chi connectivity index (χ1v) is 5.62. The standard InChI is InChI=1S/C14H19NO2/c1-15(11-14(16)12-17-2)10-6-9-13-7-4-3-5-8-13/h3-5,7-8,14,16H,10-12H2,1-2H3. The van der Waals surface area contributed by atoms with E-state index in [1.165, 1.54) is 0 Å². The second kappa shape index (κ2) is 7.86. The van der Waals surface area contributed by atoms with Crippen molar-refractivity contribution in [3.8, 4) is 11.8 Å². The van der Waals surface area contributed by atoms with Crippen LogP contribution < -0.4 is 0 Å². The maximum absolute atomic E-state index is 9.52. The predicted molar refractivity (Wildman–Crippen MR) is 68.7 cm³/mol. The van der Waals surface area contributed by atoms with Crippen LogP contribution in [-0.4, -0.2) is 50.0 Å². The van der Waals surface area contributed by atoms with Crippen molar-refractivity contribution in [2.45, 2.75) is 6.10 Å². The zero-order chi connectivity index (χ0) is 12.5. The lowest BCUT2D eigenvalue weighted by Crippen LogP contribution is -2.32. The fourth-order valence-corrected chi connectivity index (χ4v) is 1.47. The smallest absolute Gasteiger partial charge is 0.0900 e. The van der Waals surface area contributed by atoms with Gasteiger partial charge in [0.25, 0.3) is 0 Å². The van der Waals surface area contributed by atoms with Crippen LogP contribution in [0.25, 0.3) is 0 Å². The highest BCUT2D eigenvalue weighted by Crippen LogP contribution is 1.95. The molecular formula is C14H19NO2. The van der Waals surface area contributed by atoms with E-state index in [0.717, 1.165) is 5.56 Å². The van der Waals surface area contributed by atoms with E-state index in [2.05, 4.69) is 11.8 Å². The van der Waals surface area contributed by atoms with Crippen LogP contribution in [0.1, 0.15) is 5.56 Å². The molecule has 1 aromatic carbocycles. The van der Waals surface area contributed by atoms with Gasteiger partial charge >= 0.3 is 0 Å². The van der Waals surface area contributed by atoms with Gasteiger partial charge in [-0.05, 0) is 19.2 Å². The first kappa shape index (κ1) is 13.7. The topological polar surface area (TPSA) is 32.7 Å². The molecule has 3 nitrogen and oxygen atoms in total. The summed E-state index contributed by atoms with van der Waals surface area (Å²) in [5.41, 5.74) is 1.01.